The molecule has 0 radical (unpaired) electrons. The van der Waals surface area contributed by atoms with Crippen molar-refractivity contribution in [1.82, 2.24) is 0 Å². The minimum atomic E-state index is -0.152. The number of aliphatic hydroxyl groups excluding tert-OH is 1. The second kappa shape index (κ2) is 6.95. The zero-order valence-corrected chi connectivity index (χ0v) is 17.4. The van der Waals surface area contributed by atoms with Crippen molar-refractivity contribution in [2.24, 2.45) is 11.3 Å². The fourth-order valence-electron chi connectivity index (χ4n) is 6.70. The maximum absolute atomic E-state index is 10.6. The number of fused-ring (bicyclic) bond motifs is 4. The van der Waals surface area contributed by atoms with E-state index in [-0.39, 0.29) is 16.9 Å². The minimum Gasteiger partial charge on any atom is -0.508 e. The fraction of sp³-hybridized carbons (Fsp3) is 0.680. The molecule has 1 saturated carbocycles. The Kier molecular flexibility index (Phi) is 4.91. The van der Waals surface area contributed by atoms with E-state index in [1.807, 2.05) is 12.1 Å². The number of aryl methyl sites for hydroxylation is 1. The Morgan fingerprint density at radius 2 is 1.96 bits per heavy atom. The van der Waals surface area contributed by atoms with Crippen LogP contribution >= 0.6 is 0 Å². The SMILES string of the molecule is CC[C@@]12CC[C@]3(CCCC(C)C)C[C@H](O)CC3=C1CCc1cc(O)ccc12. The van der Waals surface area contributed by atoms with E-state index in [0.29, 0.717) is 5.75 Å². The monoisotopic (exact) mass is 368 g/mol. The van der Waals surface area contributed by atoms with Gasteiger partial charge in [-0.15, -0.1) is 0 Å². The molecule has 0 spiro atoms. The van der Waals surface area contributed by atoms with Crippen molar-refractivity contribution in [1.29, 1.82) is 0 Å². The van der Waals surface area contributed by atoms with Gasteiger partial charge in [-0.2, -0.15) is 0 Å². The van der Waals surface area contributed by atoms with E-state index in [4.69, 9.17) is 0 Å². The quantitative estimate of drug-likeness (QED) is 0.622. The van der Waals surface area contributed by atoms with Gasteiger partial charge >= 0.3 is 0 Å². The van der Waals surface area contributed by atoms with Crippen molar-refractivity contribution in [3.63, 3.8) is 0 Å². The number of phenols is 1. The molecule has 27 heavy (non-hydrogen) atoms. The number of hydrogen-bond acceptors (Lipinski definition) is 2. The number of aromatic hydroxyl groups is 1. The van der Waals surface area contributed by atoms with Crippen LogP contribution in [0, 0.1) is 11.3 Å². The lowest BCUT2D eigenvalue weighted by atomic mass is 9.53. The molecule has 3 aliphatic carbocycles. The van der Waals surface area contributed by atoms with Crippen molar-refractivity contribution in [2.75, 3.05) is 0 Å². The number of allylic oxidation sites excluding steroid dienone is 1. The first kappa shape index (κ1) is 19.1. The molecule has 2 nitrogen and oxygen atoms in total. The highest BCUT2D eigenvalue weighted by Crippen LogP contribution is 2.62. The second-order valence-corrected chi connectivity index (χ2v) is 9.86. The minimum absolute atomic E-state index is 0.141. The lowest BCUT2D eigenvalue weighted by Gasteiger charge is -2.50. The van der Waals surface area contributed by atoms with Crippen LogP contribution in [0.1, 0.15) is 89.7 Å². The summed E-state index contributed by atoms with van der Waals surface area (Å²) < 4.78 is 0. The Hall–Kier alpha value is -1.28. The highest BCUT2D eigenvalue weighted by molar-refractivity contribution is 5.52. The first-order valence-corrected chi connectivity index (χ1v) is 11.1. The van der Waals surface area contributed by atoms with Crippen LogP contribution in [0.15, 0.2) is 29.3 Å². The largest absolute Gasteiger partial charge is 0.508 e. The lowest BCUT2D eigenvalue weighted by Crippen LogP contribution is -2.41. The van der Waals surface area contributed by atoms with Crippen LogP contribution in [-0.2, 0) is 11.8 Å². The number of rotatable bonds is 5. The molecule has 0 aromatic heterocycles. The molecule has 4 rings (SSSR count). The topological polar surface area (TPSA) is 40.5 Å². The Morgan fingerprint density at radius 1 is 1.15 bits per heavy atom. The van der Waals surface area contributed by atoms with E-state index in [2.05, 4.69) is 26.8 Å². The third kappa shape index (κ3) is 3.05. The molecule has 148 valence electrons. The normalized spacial score (nSPS) is 32.4. The van der Waals surface area contributed by atoms with Crippen molar-refractivity contribution < 1.29 is 10.2 Å². The van der Waals surface area contributed by atoms with E-state index in [1.165, 1.54) is 43.2 Å². The molecule has 0 unspecified atom stereocenters. The van der Waals surface area contributed by atoms with Gasteiger partial charge in [0.25, 0.3) is 0 Å². The standard InChI is InChI=1S/C25H36O2/c1-4-25-13-12-24(11-5-6-17(2)3)16-20(27)15-23(24)22(25)9-7-18-14-19(26)8-10-21(18)25/h8,10,14,17,20,26-27H,4-7,9,11-13,15-16H2,1-3H3/t20-,24-,25+/m1/s1. The van der Waals surface area contributed by atoms with Crippen molar-refractivity contribution >= 4 is 0 Å². The molecule has 1 aromatic rings. The van der Waals surface area contributed by atoms with Crippen LogP contribution in [0.3, 0.4) is 0 Å². The number of benzene rings is 1. The summed E-state index contributed by atoms with van der Waals surface area (Å²) in [5.41, 5.74) is 6.49. The average molecular weight is 369 g/mol. The van der Waals surface area contributed by atoms with E-state index in [9.17, 15) is 10.2 Å². The third-order valence-corrected chi connectivity index (χ3v) is 7.97. The maximum Gasteiger partial charge on any atom is 0.115 e. The van der Waals surface area contributed by atoms with Crippen LogP contribution < -0.4 is 0 Å². The fourth-order valence-corrected chi connectivity index (χ4v) is 6.70. The molecule has 2 N–H and O–H groups in total. The van der Waals surface area contributed by atoms with Gasteiger partial charge < -0.3 is 10.2 Å². The molecule has 0 saturated heterocycles. The van der Waals surface area contributed by atoms with E-state index in [0.717, 1.165) is 38.0 Å². The zero-order chi connectivity index (χ0) is 19.2. The average Bonchev–Trinajstić information content (AvgIpc) is 2.96. The Bertz CT molecular complexity index is 747. The second-order valence-electron chi connectivity index (χ2n) is 9.86. The summed E-state index contributed by atoms with van der Waals surface area (Å²) in [5.74, 6) is 1.16. The summed E-state index contributed by atoms with van der Waals surface area (Å²) in [6, 6.07) is 6.05. The van der Waals surface area contributed by atoms with Gasteiger partial charge in [0.05, 0.1) is 6.10 Å². The summed E-state index contributed by atoms with van der Waals surface area (Å²) in [7, 11) is 0. The molecule has 3 atom stereocenters. The van der Waals surface area contributed by atoms with Gasteiger partial charge in [-0.3, -0.25) is 0 Å². The molecule has 1 fully saturated rings. The molecule has 1 aromatic carbocycles. The molecule has 0 amide bonds. The molecular formula is C25H36O2. The number of aliphatic hydroxyl groups is 1. The summed E-state index contributed by atoms with van der Waals surface area (Å²) in [5, 5.41) is 20.6. The summed E-state index contributed by atoms with van der Waals surface area (Å²) in [6.45, 7) is 6.97. The Morgan fingerprint density at radius 3 is 2.70 bits per heavy atom. The van der Waals surface area contributed by atoms with Crippen LogP contribution in [0.4, 0.5) is 0 Å². The van der Waals surface area contributed by atoms with Gasteiger partial charge in [0.1, 0.15) is 5.75 Å². The molecule has 0 bridgehead atoms. The van der Waals surface area contributed by atoms with Crippen LogP contribution in [0.25, 0.3) is 0 Å². The van der Waals surface area contributed by atoms with Crippen LogP contribution in [0.5, 0.6) is 5.75 Å². The molecular weight excluding hydrogens is 332 g/mol. The van der Waals surface area contributed by atoms with Crippen molar-refractivity contribution in [3.05, 3.63) is 40.5 Å². The van der Waals surface area contributed by atoms with Gasteiger partial charge in [0, 0.05) is 5.41 Å². The molecule has 3 aliphatic rings. The highest BCUT2D eigenvalue weighted by Gasteiger charge is 2.53. The first-order chi connectivity index (χ1) is 12.9. The number of phenolic OH excluding ortho intramolecular Hbond substituents is 1. The predicted octanol–water partition coefficient (Wildman–Crippen LogP) is 6.04. The smallest absolute Gasteiger partial charge is 0.115 e. The van der Waals surface area contributed by atoms with E-state index >= 15 is 0 Å². The van der Waals surface area contributed by atoms with Gasteiger partial charge in [-0.25, -0.2) is 0 Å². The molecule has 2 heteroatoms. The highest BCUT2D eigenvalue weighted by atomic mass is 16.3. The van der Waals surface area contributed by atoms with Crippen LogP contribution in [0.2, 0.25) is 0 Å². The molecule has 0 heterocycles. The summed E-state index contributed by atoms with van der Waals surface area (Å²) in [4.78, 5) is 0. The zero-order valence-electron chi connectivity index (χ0n) is 17.4. The third-order valence-electron chi connectivity index (χ3n) is 7.97. The van der Waals surface area contributed by atoms with Crippen molar-refractivity contribution in [2.45, 2.75) is 96.5 Å². The van der Waals surface area contributed by atoms with Crippen molar-refractivity contribution in [3.8, 4) is 5.75 Å². The number of hydrogen-bond donors (Lipinski definition) is 2. The maximum atomic E-state index is 10.6. The van der Waals surface area contributed by atoms with Gasteiger partial charge in [-0.05, 0) is 86.0 Å². The summed E-state index contributed by atoms with van der Waals surface area (Å²) in [6.07, 6.45) is 11.2. The Labute approximate surface area is 164 Å². The summed E-state index contributed by atoms with van der Waals surface area (Å²) >= 11 is 0. The van der Waals surface area contributed by atoms with E-state index in [1.54, 1.807) is 11.1 Å². The van der Waals surface area contributed by atoms with Gasteiger partial charge in [-0.1, -0.05) is 50.8 Å². The van der Waals surface area contributed by atoms with Crippen LogP contribution in [-0.4, -0.2) is 16.3 Å². The van der Waals surface area contributed by atoms with Gasteiger partial charge in [0.15, 0.2) is 0 Å². The molecule has 0 aliphatic heterocycles. The van der Waals surface area contributed by atoms with E-state index < -0.39 is 0 Å². The van der Waals surface area contributed by atoms with Gasteiger partial charge in [0.2, 0.25) is 0 Å². The lowest BCUT2D eigenvalue weighted by molar-refractivity contribution is 0.141. The predicted molar refractivity (Wildman–Crippen MR) is 111 cm³/mol. The first-order valence-electron chi connectivity index (χ1n) is 11.1. The Balaban J connectivity index is 1.77.